The fraction of sp³-hybridized carbons (Fsp3) is 0.316. The van der Waals surface area contributed by atoms with Crippen LogP contribution in [0.25, 0.3) is 0 Å². The van der Waals surface area contributed by atoms with Crippen LogP contribution in [0.5, 0.6) is 0 Å². The number of carbonyl (C=O) groups is 2. The van der Waals surface area contributed by atoms with Crippen molar-refractivity contribution in [1.82, 2.24) is 15.2 Å². The lowest BCUT2D eigenvalue weighted by Gasteiger charge is -2.43. The van der Waals surface area contributed by atoms with Crippen LogP contribution in [0.15, 0.2) is 54.7 Å². The Bertz CT molecular complexity index is 771. The number of amides is 2. The van der Waals surface area contributed by atoms with Crippen LogP contribution >= 0.6 is 0 Å². The first-order chi connectivity index (χ1) is 12.2. The van der Waals surface area contributed by atoms with E-state index < -0.39 is 5.54 Å². The maximum Gasteiger partial charge on any atom is 0.272 e. The third kappa shape index (κ3) is 2.63. The zero-order valence-electron chi connectivity index (χ0n) is 13.9. The minimum atomic E-state index is -0.567. The van der Waals surface area contributed by atoms with Crippen molar-refractivity contribution in [3.63, 3.8) is 0 Å². The Morgan fingerprint density at radius 2 is 1.76 bits per heavy atom. The van der Waals surface area contributed by atoms with E-state index in [-0.39, 0.29) is 11.8 Å². The van der Waals surface area contributed by atoms with Gasteiger partial charge in [-0.2, -0.15) is 0 Å². The van der Waals surface area contributed by atoms with Gasteiger partial charge in [0, 0.05) is 25.0 Å². The fourth-order valence-corrected chi connectivity index (χ4v) is 3.76. The maximum absolute atomic E-state index is 12.6. The highest BCUT2D eigenvalue weighted by Gasteiger charge is 2.50. The summed E-state index contributed by atoms with van der Waals surface area (Å²) in [6.45, 7) is 1.61. The first kappa shape index (κ1) is 15.6. The highest BCUT2D eigenvalue weighted by atomic mass is 16.2. The van der Waals surface area contributed by atoms with Crippen LogP contribution in [-0.4, -0.2) is 47.0 Å². The van der Waals surface area contributed by atoms with Crippen molar-refractivity contribution in [3.8, 4) is 0 Å². The van der Waals surface area contributed by atoms with Gasteiger partial charge in [0.2, 0.25) is 5.91 Å². The van der Waals surface area contributed by atoms with E-state index in [1.54, 1.807) is 23.2 Å². The highest BCUT2D eigenvalue weighted by molar-refractivity contribution is 5.95. The number of benzene rings is 1. The van der Waals surface area contributed by atoms with E-state index in [0.717, 1.165) is 5.69 Å². The normalized spacial score (nSPS) is 19.1. The molecule has 0 bridgehead atoms. The average Bonchev–Trinajstić information content (AvgIpc) is 2.99. The van der Waals surface area contributed by atoms with Gasteiger partial charge in [-0.3, -0.25) is 14.6 Å². The molecule has 2 saturated heterocycles. The van der Waals surface area contributed by atoms with Gasteiger partial charge in [0.25, 0.3) is 5.91 Å². The first-order valence-electron chi connectivity index (χ1n) is 8.52. The number of nitrogens with one attached hydrogen (secondary N) is 1. The molecule has 2 aliphatic rings. The summed E-state index contributed by atoms with van der Waals surface area (Å²) in [7, 11) is 0. The molecule has 2 fully saturated rings. The first-order valence-corrected chi connectivity index (χ1v) is 8.52. The van der Waals surface area contributed by atoms with Crippen molar-refractivity contribution < 1.29 is 9.59 Å². The SMILES string of the molecule is O=C(c1ccccn1)N1CCC2(CC1)C(=O)NCN2c1ccccc1. The number of aromatic nitrogens is 1. The van der Waals surface area contributed by atoms with Crippen LogP contribution in [-0.2, 0) is 4.79 Å². The van der Waals surface area contributed by atoms with Crippen molar-refractivity contribution in [2.24, 2.45) is 0 Å². The quantitative estimate of drug-likeness (QED) is 0.906. The van der Waals surface area contributed by atoms with Gasteiger partial charge in [0.15, 0.2) is 0 Å². The van der Waals surface area contributed by atoms with Crippen molar-refractivity contribution >= 4 is 17.5 Å². The van der Waals surface area contributed by atoms with Crippen molar-refractivity contribution in [3.05, 3.63) is 60.4 Å². The number of anilines is 1. The molecule has 6 nitrogen and oxygen atoms in total. The number of likely N-dealkylation sites (tertiary alicyclic amines) is 1. The molecule has 0 unspecified atom stereocenters. The minimum absolute atomic E-state index is 0.0567. The van der Waals surface area contributed by atoms with Gasteiger partial charge in [-0.05, 0) is 37.1 Å². The lowest BCUT2D eigenvalue weighted by atomic mass is 9.85. The van der Waals surface area contributed by atoms with Gasteiger partial charge < -0.3 is 15.1 Å². The van der Waals surface area contributed by atoms with Crippen LogP contribution < -0.4 is 10.2 Å². The Balaban J connectivity index is 1.53. The van der Waals surface area contributed by atoms with Crippen LogP contribution in [0.1, 0.15) is 23.3 Å². The molecule has 4 rings (SSSR count). The smallest absolute Gasteiger partial charge is 0.272 e. The molecular weight excluding hydrogens is 316 g/mol. The zero-order chi connectivity index (χ0) is 17.3. The number of piperidine rings is 1. The minimum Gasteiger partial charge on any atom is -0.339 e. The number of para-hydroxylation sites is 1. The highest BCUT2D eigenvalue weighted by Crippen LogP contribution is 2.36. The van der Waals surface area contributed by atoms with E-state index in [9.17, 15) is 9.59 Å². The van der Waals surface area contributed by atoms with Gasteiger partial charge in [-0.25, -0.2) is 0 Å². The van der Waals surface area contributed by atoms with E-state index in [1.165, 1.54) is 0 Å². The largest absolute Gasteiger partial charge is 0.339 e. The van der Waals surface area contributed by atoms with Gasteiger partial charge >= 0.3 is 0 Å². The van der Waals surface area contributed by atoms with Crippen LogP contribution in [0.2, 0.25) is 0 Å². The standard InChI is InChI=1S/C19H20N4O2/c24-17(16-8-4-5-11-20-16)22-12-9-19(10-13-22)18(25)21-14-23(19)15-6-2-1-3-7-15/h1-8,11H,9-10,12-14H2,(H,21,25). The second-order valence-corrected chi connectivity index (χ2v) is 6.47. The zero-order valence-corrected chi connectivity index (χ0v) is 13.9. The number of hydrogen-bond donors (Lipinski definition) is 1. The van der Waals surface area contributed by atoms with E-state index >= 15 is 0 Å². The third-order valence-corrected chi connectivity index (χ3v) is 5.17. The summed E-state index contributed by atoms with van der Waals surface area (Å²) in [5.41, 5.74) is 0.919. The fourth-order valence-electron chi connectivity index (χ4n) is 3.76. The van der Waals surface area contributed by atoms with Crippen LogP contribution in [0.3, 0.4) is 0 Å². The molecule has 1 spiro atoms. The average molecular weight is 336 g/mol. The monoisotopic (exact) mass is 336 g/mol. The van der Waals surface area contributed by atoms with Gasteiger partial charge in [0.05, 0.1) is 6.67 Å². The van der Waals surface area contributed by atoms with Crippen LogP contribution in [0, 0.1) is 0 Å². The summed E-state index contributed by atoms with van der Waals surface area (Å²) in [5.74, 6) is -0.0126. The third-order valence-electron chi connectivity index (χ3n) is 5.17. The van der Waals surface area contributed by atoms with Crippen molar-refractivity contribution in [1.29, 1.82) is 0 Å². The number of carbonyl (C=O) groups excluding carboxylic acids is 2. The number of pyridine rings is 1. The second kappa shape index (κ2) is 6.20. The molecule has 2 aromatic rings. The Hall–Kier alpha value is -2.89. The molecule has 0 aliphatic carbocycles. The number of rotatable bonds is 2. The Kier molecular flexibility index (Phi) is 3.87. The molecule has 3 heterocycles. The van der Waals surface area contributed by atoms with E-state index in [1.807, 2.05) is 36.4 Å². The summed E-state index contributed by atoms with van der Waals surface area (Å²) in [6, 6.07) is 15.3. The Labute approximate surface area is 146 Å². The predicted octanol–water partition coefficient (Wildman–Crippen LogP) is 1.65. The molecule has 1 aromatic heterocycles. The molecule has 25 heavy (non-hydrogen) atoms. The van der Waals surface area contributed by atoms with E-state index in [4.69, 9.17) is 0 Å². The van der Waals surface area contributed by atoms with E-state index in [2.05, 4.69) is 15.2 Å². The second-order valence-electron chi connectivity index (χ2n) is 6.47. The van der Waals surface area contributed by atoms with Crippen LogP contribution in [0.4, 0.5) is 5.69 Å². The Morgan fingerprint density at radius 3 is 2.44 bits per heavy atom. The molecule has 6 heteroatoms. The van der Waals surface area contributed by atoms with Crippen molar-refractivity contribution in [2.45, 2.75) is 18.4 Å². The Morgan fingerprint density at radius 1 is 1.04 bits per heavy atom. The van der Waals surface area contributed by atoms with E-state index in [0.29, 0.717) is 38.3 Å². The molecule has 2 aliphatic heterocycles. The summed E-state index contributed by atoms with van der Waals surface area (Å²) in [6.07, 6.45) is 2.86. The maximum atomic E-state index is 12.6. The summed E-state index contributed by atoms with van der Waals surface area (Å²) < 4.78 is 0. The summed E-state index contributed by atoms with van der Waals surface area (Å²) >= 11 is 0. The molecule has 1 aromatic carbocycles. The molecular formula is C19H20N4O2. The molecule has 1 N–H and O–H groups in total. The molecule has 0 atom stereocenters. The lowest BCUT2D eigenvalue weighted by Crippen LogP contribution is -2.57. The molecule has 2 amide bonds. The predicted molar refractivity (Wildman–Crippen MR) is 94.0 cm³/mol. The lowest BCUT2D eigenvalue weighted by molar-refractivity contribution is -0.124. The summed E-state index contributed by atoms with van der Waals surface area (Å²) in [5, 5.41) is 2.98. The van der Waals surface area contributed by atoms with Gasteiger partial charge in [-0.1, -0.05) is 24.3 Å². The van der Waals surface area contributed by atoms with Crippen molar-refractivity contribution in [2.75, 3.05) is 24.7 Å². The van der Waals surface area contributed by atoms with Gasteiger partial charge in [0.1, 0.15) is 11.2 Å². The van der Waals surface area contributed by atoms with Gasteiger partial charge in [-0.15, -0.1) is 0 Å². The number of nitrogens with zero attached hydrogens (tertiary/aromatic N) is 3. The number of hydrogen-bond acceptors (Lipinski definition) is 4. The molecule has 0 saturated carbocycles. The topological polar surface area (TPSA) is 65.5 Å². The molecule has 128 valence electrons. The molecule has 0 radical (unpaired) electrons. The summed E-state index contributed by atoms with van der Waals surface area (Å²) in [4.78, 5) is 33.3.